The number of nitrogens with one attached hydrogen (secondary N) is 1. The van der Waals surface area contributed by atoms with Gasteiger partial charge in [0.05, 0.1) is 16.7 Å². The molecule has 1 aliphatic carbocycles. The summed E-state index contributed by atoms with van der Waals surface area (Å²) < 4.78 is 28.7. The van der Waals surface area contributed by atoms with Gasteiger partial charge in [-0.1, -0.05) is 67.4 Å². The van der Waals surface area contributed by atoms with E-state index in [-0.39, 0.29) is 29.2 Å². The average Bonchev–Trinajstić information content (AvgIpc) is 3.69. The van der Waals surface area contributed by atoms with E-state index in [1.54, 1.807) is 6.08 Å². The van der Waals surface area contributed by atoms with E-state index in [1.807, 2.05) is 68.1 Å². The highest BCUT2D eigenvalue weighted by atomic mass is 35.5. The van der Waals surface area contributed by atoms with Gasteiger partial charge in [-0.2, -0.15) is 0 Å². The van der Waals surface area contributed by atoms with Crippen LogP contribution in [-0.4, -0.2) is 36.6 Å². The number of benzene rings is 2. The highest BCUT2D eigenvalue weighted by molar-refractivity contribution is 7.90. The zero-order valence-electron chi connectivity index (χ0n) is 21.7. The zero-order valence-corrected chi connectivity index (χ0v) is 24.0. The van der Waals surface area contributed by atoms with Crippen LogP contribution in [0.1, 0.15) is 76.0 Å². The average molecular weight is 564 g/mol. The van der Waals surface area contributed by atoms with Gasteiger partial charge >= 0.3 is 0 Å². The molecule has 0 bridgehead atoms. The monoisotopic (exact) mass is 562 g/mol. The van der Waals surface area contributed by atoms with Crippen molar-refractivity contribution in [2.24, 2.45) is 5.41 Å². The standard InChI is InChI=1S/C29H36Cl2N2O3S/c1-5-16-29(4)18-25(21-8-7-9-23(31)17-21)27(20-10-12-22(30)13-11-20)33(28(29)34)26(6-2)19(3)32-37(35,36)24-14-15-24/h5,7-13,17,19,24-27,32H,1,6,14-16,18H2,2-4H3/t19?,25?,26?,27-,29+/m1/s1. The molecule has 1 heterocycles. The van der Waals surface area contributed by atoms with Crippen LogP contribution < -0.4 is 4.72 Å². The second-order valence-corrected chi connectivity index (χ2v) is 13.6. The lowest BCUT2D eigenvalue weighted by Gasteiger charge is -2.53. The van der Waals surface area contributed by atoms with Crippen LogP contribution in [0.5, 0.6) is 0 Å². The maximum absolute atomic E-state index is 14.4. The van der Waals surface area contributed by atoms with E-state index in [0.717, 1.165) is 11.1 Å². The van der Waals surface area contributed by atoms with Crippen LogP contribution in [0.15, 0.2) is 61.2 Å². The summed E-state index contributed by atoms with van der Waals surface area (Å²) in [6.07, 6.45) is 4.89. The number of nitrogens with zero attached hydrogens (tertiary/aromatic N) is 1. The largest absolute Gasteiger partial charge is 0.330 e. The summed E-state index contributed by atoms with van der Waals surface area (Å²) in [6, 6.07) is 14.3. The Morgan fingerprint density at radius 1 is 1.14 bits per heavy atom. The number of rotatable bonds is 10. The van der Waals surface area contributed by atoms with Crippen molar-refractivity contribution in [1.29, 1.82) is 0 Å². The first-order valence-corrected chi connectivity index (χ1v) is 15.3. The molecule has 4 rings (SSSR count). The van der Waals surface area contributed by atoms with E-state index in [2.05, 4.69) is 17.4 Å². The van der Waals surface area contributed by atoms with Crippen LogP contribution in [0.4, 0.5) is 0 Å². The highest BCUT2D eigenvalue weighted by Gasteiger charge is 2.52. The molecule has 1 saturated heterocycles. The molecule has 200 valence electrons. The fourth-order valence-electron chi connectivity index (χ4n) is 5.86. The van der Waals surface area contributed by atoms with Crippen molar-refractivity contribution in [1.82, 2.24) is 9.62 Å². The third-order valence-corrected chi connectivity index (χ3v) is 10.4. The Morgan fingerprint density at radius 3 is 2.38 bits per heavy atom. The molecule has 8 heteroatoms. The van der Waals surface area contributed by atoms with Crippen molar-refractivity contribution in [3.8, 4) is 0 Å². The van der Waals surface area contributed by atoms with Gasteiger partial charge in [0.25, 0.3) is 0 Å². The Morgan fingerprint density at radius 2 is 1.81 bits per heavy atom. The molecule has 3 unspecified atom stereocenters. The molecule has 5 atom stereocenters. The van der Waals surface area contributed by atoms with Gasteiger partial charge in [-0.3, -0.25) is 4.79 Å². The summed E-state index contributed by atoms with van der Waals surface area (Å²) in [5.41, 5.74) is 1.31. The van der Waals surface area contributed by atoms with Crippen molar-refractivity contribution >= 4 is 39.1 Å². The van der Waals surface area contributed by atoms with Gasteiger partial charge in [-0.05, 0) is 74.4 Å². The molecule has 1 aliphatic heterocycles. The highest BCUT2D eigenvalue weighted by Crippen LogP contribution is 2.52. The molecule has 1 amide bonds. The van der Waals surface area contributed by atoms with Crippen LogP contribution in [0, 0.1) is 5.41 Å². The van der Waals surface area contributed by atoms with Crippen LogP contribution in [0.2, 0.25) is 10.0 Å². The van der Waals surface area contributed by atoms with Crippen LogP contribution in [0.3, 0.4) is 0 Å². The topological polar surface area (TPSA) is 66.5 Å². The SMILES string of the molecule is C=CC[C@@]1(C)CC(c2cccc(Cl)c2)[C@@H](c2ccc(Cl)cc2)N(C(CC)C(C)NS(=O)(=O)C2CC2)C1=O. The van der Waals surface area contributed by atoms with Gasteiger partial charge in [-0.15, -0.1) is 6.58 Å². The number of hydrogen-bond acceptors (Lipinski definition) is 3. The summed E-state index contributed by atoms with van der Waals surface area (Å²) in [7, 11) is -3.43. The number of sulfonamides is 1. The van der Waals surface area contributed by atoms with Crippen molar-refractivity contribution in [3.05, 3.63) is 82.4 Å². The van der Waals surface area contributed by atoms with Crippen molar-refractivity contribution in [3.63, 3.8) is 0 Å². The molecule has 0 aromatic heterocycles. The number of piperidine rings is 1. The molecule has 37 heavy (non-hydrogen) atoms. The van der Waals surface area contributed by atoms with E-state index in [0.29, 0.717) is 42.1 Å². The van der Waals surface area contributed by atoms with Crippen molar-refractivity contribution in [2.45, 2.75) is 82.2 Å². The molecule has 1 N–H and O–H groups in total. The van der Waals surface area contributed by atoms with Crippen molar-refractivity contribution < 1.29 is 13.2 Å². The minimum atomic E-state index is -3.43. The summed E-state index contributed by atoms with van der Waals surface area (Å²) in [5.74, 6) is -0.0567. The van der Waals surface area contributed by atoms with Crippen LogP contribution in [0.25, 0.3) is 0 Å². The molecule has 2 fully saturated rings. The molecule has 2 aliphatic rings. The fourth-order valence-corrected chi connectivity index (χ4v) is 7.81. The number of carbonyl (C=O) groups is 1. The molecule has 2 aromatic carbocycles. The lowest BCUT2D eigenvalue weighted by Crippen LogP contribution is -2.60. The third kappa shape index (κ3) is 5.93. The number of hydrogen-bond donors (Lipinski definition) is 1. The second kappa shape index (κ2) is 11.1. The maximum Gasteiger partial charge on any atom is 0.229 e. The lowest BCUT2D eigenvalue weighted by atomic mass is 9.67. The minimum Gasteiger partial charge on any atom is -0.330 e. The molecule has 1 saturated carbocycles. The number of halogens is 2. The lowest BCUT2D eigenvalue weighted by molar-refractivity contribution is -0.155. The number of allylic oxidation sites excluding steroid dienone is 1. The van der Waals surface area contributed by atoms with Gasteiger partial charge in [0.15, 0.2) is 0 Å². The first-order valence-electron chi connectivity index (χ1n) is 13.0. The van der Waals surface area contributed by atoms with Gasteiger partial charge in [0, 0.05) is 28.0 Å². The summed E-state index contributed by atoms with van der Waals surface area (Å²) in [4.78, 5) is 16.3. The Hall–Kier alpha value is -1.86. The summed E-state index contributed by atoms with van der Waals surface area (Å²) in [5, 5.41) is 0.923. The van der Waals surface area contributed by atoms with Gasteiger partial charge in [-0.25, -0.2) is 13.1 Å². The molecule has 5 nitrogen and oxygen atoms in total. The van der Waals surface area contributed by atoms with E-state index in [1.165, 1.54) is 0 Å². The molecular formula is C29H36Cl2N2O3S. The summed E-state index contributed by atoms with van der Waals surface area (Å²) in [6.45, 7) is 9.80. The van der Waals surface area contributed by atoms with Gasteiger partial charge < -0.3 is 4.90 Å². The van der Waals surface area contributed by atoms with Gasteiger partial charge in [0.2, 0.25) is 15.9 Å². The first-order chi connectivity index (χ1) is 17.5. The van der Waals surface area contributed by atoms with E-state index in [9.17, 15) is 13.2 Å². The van der Waals surface area contributed by atoms with E-state index in [4.69, 9.17) is 23.2 Å². The second-order valence-electron chi connectivity index (χ2n) is 10.8. The number of likely N-dealkylation sites (tertiary alicyclic amines) is 1. The Balaban J connectivity index is 1.86. The van der Waals surface area contributed by atoms with Crippen LogP contribution >= 0.6 is 23.2 Å². The van der Waals surface area contributed by atoms with E-state index >= 15 is 0 Å². The minimum absolute atomic E-state index is 0.00921. The molecule has 2 aromatic rings. The quantitative estimate of drug-likeness (QED) is 0.321. The Labute approximate surface area is 231 Å². The fraction of sp³-hybridized carbons (Fsp3) is 0.483. The first kappa shape index (κ1) is 28.2. The van der Waals surface area contributed by atoms with Crippen LogP contribution in [-0.2, 0) is 14.8 Å². The predicted octanol–water partition coefficient (Wildman–Crippen LogP) is 6.88. The molecular weight excluding hydrogens is 527 g/mol. The van der Waals surface area contributed by atoms with E-state index < -0.39 is 21.5 Å². The normalized spacial score (nSPS) is 26.1. The summed E-state index contributed by atoms with van der Waals surface area (Å²) >= 11 is 12.7. The smallest absolute Gasteiger partial charge is 0.229 e. The van der Waals surface area contributed by atoms with Crippen molar-refractivity contribution in [2.75, 3.05) is 0 Å². The maximum atomic E-state index is 14.4. The molecule has 0 spiro atoms. The Bertz CT molecular complexity index is 1250. The van der Waals surface area contributed by atoms with Gasteiger partial charge in [0.1, 0.15) is 0 Å². The third-order valence-electron chi connectivity index (χ3n) is 7.85. The predicted molar refractivity (Wildman–Crippen MR) is 151 cm³/mol. The molecule has 0 radical (unpaired) electrons. The number of amides is 1. The zero-order chi connectivity index (χ0) is 27.0. The Kier molecular flexibility index (Phi) is 8.44. The number of carbonyl (C=O) groups excluding carboxylic acids is 1.